The van der Waals surface area contributed by atoms with E-state index in [1.165, 1.54) is 19.2 Å². The lowest BCUT2D eigenvalue weighted by Crippen LogP contribution is -2.20. The molecule has 0 radical (unpaired) electrons. The summed E-state index contributed by atoms with van der Waals surface area (Å²) in [5.74, 6) is -0.324. The predicted molar refractivity (Wildman–Crippen MR) is 103 cm³/mol. The maximum atomic E-state index is 12.7. The molecule has 1 N–H and O–H groups in total. The molecule has 6 nitrogen and oxygen atoms in total. The van der Waals surface area contributed by atoms with Crippen molar-refractivity contribution < 1.29 is 23.6 Å². The number of allylic oxidation sites excluding steroid dienone is 1. The first-order chi connectivity index (χ1) is 12.3. The van der Waals surface area contributed by atoms with Crippen LogP contribution < -0.4 is 4.74 Å². The molecule has 8 heteroatoms. The van der Waals surface area contributed by atoms with Crippen LogP contribution in [0, 0.1) is 0 Å². The Bertz CT molecular complexity index is 869. The minimum Gasteiger partial charge on any atom is -0.506 e. The average Bonchev–Trinajstić information content (AvgIpc) is 2.62. The third-order valence-corrected chi connectivity index (χ3v) is 7.02. The van der Waals surface area contributed by atoms with E-state index < -0.39 is 27.1 Å². The fraction of sp³-hybridized carbons (Fsp3) is 0.444. The number of Topliss-reactive ketones (excluding diaryl/α,β-unsaturated/α-hetero) is 2. The summed E-state index contributed by atoms with van der Waals surface area (Å²) >= 11 is 6.41. The van der Waals surface area contributed by atoms with Crippen molar-refractivity contribution in [2.45, 2.75) is 33.1 Å². The van der Waals surface area contributed by atoms with Crippen LogP contribution in [0.4, 0.5) is 5.69 Å². The van der Waals surface area contributed by atoms with Gasteiger partial charge in [0.25, 0.3) is 0 Å². The van der Waals surface area contributed by atoms with Crippen LogP contribution in [-0.4, -0.2) is 39.5 Å². The molecule has 1 aromatic carbocycles. The average molecular weight is 400 g/mol. The number of hydrogen-bond acceptors (Lipinski definition) is 6. The number of methoxy groups -OCH3 is 1. The van der Waals surface area contributed by atoms with Gasteiger partial charge in [-0.3, -0.25) is 9.59 Å². The summed E-state index contributed by atoms with van der Waals surface area (Å²) in [5, 5.41) is 10.6. The lowest BCUT2D eigenvalue weighted by Gasteiger charge is -2.16. The molecule has 0 aromatic heterocycles. The van der Waals surface area contributed by atoms with E-state index >= 15 is 0 Å². The molecule has 1 saturated carbocycles. The molecule has 1 aliphatic carbocycles. The van der Waals surface area contributed by atoms with E-state index in [4.69, 9.17) is 16.3 Å². The Morgan fingerprint density at radius 3 is 2.31 bits per heavy atom. The van der Waals surface area contributed by atoms with Crippen molar-refractivity contribution in [2.75, 3.05) is 18.6 Å². The highest BCUT2D eigenvalue weighted by Gasteiger charge is 2.29. The van der Waals surface area contributed by atoms with Gasteiger partial charge in [-0.25, -0.2) is 4.21 Å². The molecular formula is C18H22ClNO5S. The summed E-state index contributed by atoms with van der Waals surface area (Å²) < 4.78 is 22.3. The van der Waals surface area contributed by atoms with Gasteiger partial charge in [-0.05, 0) is 18.6 Å². The van der Waals surface area contributed by atoms with Gasteiger partial charge in [-0.15, -0.1) is 0 Å². The molecule has 0 bridgehead atoms. The first kappa shape index (κ1) is 20.5. The molecule has 2 rings (SSSR count). The molecule has 0 unspecified atom stereocenters. The van der Waals surface area contributed by atoms with E-state index in [0.717, 1.165) is 0 Å². The molecule has 1 aromatic rings. The van der Waals surface area contributed by atoms with Crippen LogP contribution in [0.3, 0.4) is 0 Å². The molecule has 0 saturated heterocycles. The largest absolute Gasteiger partial charge is 0.506 e. The fourth-order valence-corrected chi connectivity index (χ4v) is 4.21. The standard InChI is InChI=1S/C18H22ClNO5S/c1-4-26(24,5-2)20-17-14(25-3)10-9-11(16(17)19)18(23)15-12(21)7-6-8-13(15)22/h9-10,23H,4-8H2,1-3H3. The summed E-state index contributed by atoms with van der Waals surface area (Å²) in [6.45, 7) is 3.52. The molecule has 26 heavy (non-hydrogen) atoms. The smallest absolute Gasteiger partial charge is 0.170 e. The molecule has 1 aliphatic rings. The van der Waals surface area contributed by atoms with E-state index in [0.29, 0.717) is 23.7 Å². The number of halogens is 1. The van der Waals surface area contributed by atoms with Gasteiger partial charge in [0.2, 0.25) is 0 Å². The Kier molecular flexibility index (Phi) is 6.47. The van der Waals surface area contributed by atoms with Gasteiger partial charge < -0.3 is 9.84 Å². The van der Waals surface area contributed by atoms with Crippen LogP contribution in [0.25, 0.3) is 5.76 Å². The molecule has 142 valence electrons. The van der Waals surface area contributed by atoms with Crippen molar-refractivity contribution in [3.8, 4) is 5.75 Å². The quantitative estimate of drug-likeness (QED) is 0.457. The van der Waals surface area contributed by atoms with Gasteiger partial charge in [0.05, 0.1) is 21.9 Å². The number of ether oxygens (including phenoxy) is 1. The maximum Gasteiger partial charge on any atom is 0.170 e. The maximum absolute atomic E-state index is 12.7. The van der Waals surface area contributed by atoms with E-state index in [9.17, 15) is 18.9 Å². The second-order valence-corrected chi connectivity index (χ2v) is 9.10. The number of aliphatic hydroxyl groups is 1. The minimum atomic E-state index is -2.53. The Labute approximate surface area is 158 Å². The zero-order valence-electron chi connectivity index (χ0n) is 15.0. The highest BCUT2D eigenvalue weighted by molar-refractivity contribution is 7.93. The van der Waals surface area contributed by atoms with Crippen molar-refractivity contribution >= 4 is 44.3 Å². The number of carbonyl (C=O) groups excluding carboxylic acids is 2. The van der Waals surface area contributed by atoms with E-state index in [1.807, 2.05) is 0 Å². The van der Waals surface area contributed by atoms with E-state index in [1.54, 1.807) is 13.8 Å². The monoisotopic (exact) mass is 399 g/mol. The Hall–Kier alpha value is -1.86. The van der Waals surface area contributed by atoms with Crippen LogP contribution in [0.1, 0.15) is 38.7 Å². The van der Waals surface area contributed by atoms with Crippen molar-refractivity contribution in [1.29, 1.82) is 0 Å². The number of hydrogen-bond donors (Lipinski definition) is 1. The zero-order chi connectivity index (χ0) is 19.5. The first-order valence-electron chi connectivity index (χ1n) is 8.37. The summed E-state index contributed by atoms with van der Waals surface area (Å²) in [6, 6.07) is 2.97. The van der Waals surface area contributed by atoms with Gasteiger partial charge in [0, 0.05) is 29.9 Å². The van der Waals surface area contributed by atoms with Gasteiger partial charge >= 0.3 is 0 Å². The van der Waals surface area contributed by atoms with Gasteiger partial charge in [-0.1, -0.05) is 25.4 Å². The number of ketones is 2. The molecule has 1 fully saturated rings. The van der Waals surface area contributed by atoms with E-state index in [2.05, 4.69) is 4.36 Å². The third-order valence-electron chi connectivity index (χ3n) is 4.32. The molecule has 0 atom stereocenters. The third kappa shape index (κ3) is 3.94. The lowest BCUT2D eigenvalue weighted by atomic mass is 9.89. The summed E-state index contributed by atoms with van der Waals surface area (Å²) in [7, 11) is -1.11. The second kappa shape index (κ2) is 8.22. The van der Waals surface area contributed by atoms with Crippen LogP contribution in [0.5, 0.6) is 5.75 Å². The Balaban J connectivity index is 2.74. The summed E-state index contributed by atoms with van der Waals surface area (Å²) in [4.78, 5) is 24.2. The molecule has 0 heterocycles. The van der Waals surface area contributed by atoms with Crippen molar-refractivity contribution in [2.24, 2.45) is 4.36 Å². The predicted octanol–water partition coefficient (Wildman–Crippen LogP) is 4.08. The van der Waals surface area contributed by atoms with Crippen LogP contribution in [-0.2, 0) is 19.3 Å². The Morgan fingerprint density at radius 1 is 1.23 bits per heavy atom. The van der Waals surface area contributed by atoms with Crippen LogP contribution in [0.2, 0.25) is 5.02 Å². The minimum absolute atomic E-state index is 0.00449. The van der Waals surface area contributed by atoms with Gasteiger partial charge in [0.15, 0.2) is 11.6 Å². The number of nitrogens with zero attached hydrogens (tertiary/aromatic N) is 1. The molecule has 0 aliphatic heterocycles. The van der Waals surface area contributed by atoms with Gasteiger partial charge in [0.1, 0.15) is 22.8 Å². The van der Waals surface area contributed by atoms with Crippen molar-refractivity contribution in [1.82, 2.24) is 0 Å². The number of benzene rings is 1. The number of aliphatic hydroxyl groups excluding tert-OH is 1. The van der Waals surface area contributed by atoms with Crippen molar-refractivity contribution in [3.05, 3.63) is 28.3 Å². The number of carbonyl (C=O) groups is 2. The zero-order valence-corrected chi connectivity index (χ0v) is 16.6. The van der Waals surface area contributed by atoms with Crippen LogP contribution in [0.15, 0.2) is 22.1 Å². The van der Waals surface area contributed by atoms with Gasteiger partial charge in [-0.2, -0.15) is 4.36 Å². The highest BCUT2D eigenvalue weighted by atomic mass is 35.5. The molecule has 0 spiro atoms. The normalized spacial score (nSPS) is 15.2. The van der Waals surface area contributed by atoms with Crippen LogP contribution >= 0.6 is 11.6 Å². The highest BCUT2D eigenvalue weighted by Crippen LogP contribution is 2.41. The first-order valence-corrected chi connectivity index (χ1v) is 10.6. The Morgan fingerprint density at radius 2 is 1.81 bits per heavy atom. The number of rotatable bonds is 5. The lowest BCUT2D eigenvalue weighted by molar-refractivity contribution is -0.123. The van der Waals surface area contributed by atoms with E-state index in [-0.39, 0.29) is 34.7 Å². The molecular weight excluding hydrogens is 378 g/mol. The summed E-state index contributed by atoms with van der Waals surface area (Å²) in [5.41, 5.74) is 0.00276. The summed E-state index contributed by atoms with van der Waals surface area (Å²) in [6.07, 6.45) is 0.881. The second-order valence-electron chi connectivity index (χ2n) is 5.84. The molecule has 0 amide bonds. The SMILES string of the molecule is CCS(=O)(CC)=Nc1c(OC)ccc(C(O)=C2C(=O)CCCC2=O)c1Cl. The fourth-order valence-electron chi connectivity index (χ4n) is 2.69. The van der Waals surface area contributed by atoms with Crippen molar-refractivity contribution in [3.63, 3.8) is 0 Å². The topological polar surface area (TPSA) is 93.0 Å².